The number of carbonyl (C=O) groups is 1. The third-order valence-corrected chi connectivity index (χ3v) is 4.68. The van der Waals surface area contributed by atoms with Gasteiger partial charge in [-0.15, -0.1) is 0 Å². The van der Waals surface area contributed by atoms with Crippen LogP contribution in [0.2, 0.25) is 0 Å². The lowest BCUT2D eigenvalue weighted by Gasteiger charge is -2.09. The van der Waals surface area contributed by atoms with Crippen molar-refractivity contribution in [3.8, 4) is 0 Å². The summed E-state index contributed by atoms with van der Waals surface area (Å²) in [6.07, 6.45) is 4.39. The van der Waals surface area contributed by atoms with Crippen LogP contribution < -0.4 is 15.4 Å². The van der Waals surface area contributed by atoms with E-state index >= 15 is 0 Å². The summed E-state index contributed by atoms with van der Waals surface area (Å²) < 4.78 is 3.36. The Morgan fingerprint density at radius 2 is 1.74 bits per heavy atom. The molecule has 5 nitrogen and oxygen atoms in total. The Labute approximate surface area is 163 Å². The molecule has 6 heteroatoms. The Hall–Kier alpha value is -2.83. The van der Waals surface area contributed by atoms with Gasteiger partial charge in [-0.2, -0.15) is 0 Å². The summed E-state index contributed by atoms with van der Waals surface area (Å²) >= 11 is 1.56. The minimum atomic E-state index is -0.231. The van der Waals surface area contributed by atoms with Crippen LogP contribution in [0.3, 0.4) is 0 Å². The number of hydrogen-bond acceptors (Lipinski definition) is 4. The van der Waals surface area contributed by atoms with Crippen LogP contribution in [-0.2, 0) is 13.0 Å². The van der Waals surface area contributed by atoms with Crippen molar-refractivity contribution in [2.45, 2.75) is 17.9 Å². The number of urea groups is 1. The van der Waals surface area contributed by atoms with Crippen LogP contribution in [0.5, 0.6) is 0 Å². The minimum absolute atomic E-state index is 0.231. The molecule has 0 aliphatic rings. The van der Waals surface area contributed by atoms with E-state index in [1.54, 1.807) is 24.3 Å². The molecule has 2 amide bonds. The predicted octanol–water partition coefficient (Wildman–Crippen LogP) is 4.24. The molecule has 138 valence electrons. The number of hydrogen-bond donors (Lipinski definition) is 3. The smallest absolute Gasteiger partial charge is 0.319 e. The monoisotopic (exact) mass is 378 g/mol. The van der Waals surface area contributed by atoms with Gasteiger partial charge in [-0.1, -0.05) is 36.4 Å². The SMILES string of the molecule is O=C(NCc1ccncc1)Nc1cccc(SNCCc2ccccc2)c1. The lowest BCUT2D eigenvalue weighted by atomic mass is 10.2. The summed E-state index contributed by atoms with van der Waals surface area (Å²) in [5.41, 5.74) is 3.08. The van der Waals surface area contributed by atoms with Crippen molar-refractivity contribution in [1.29, 1.82) is 0 Å². The lowest BCUT2D eigenvalue weighted by molar-refractivity contribution is 0.251. The second-order valence-electron chi connectivity index (χ2n) is 5.92. The van der Waals surface area contributed by atoms with Crippen LogP contribution in [0.15, 0.2) is 84.0 Å². The lowest BCUT2D eigenvalue weighted by Crippen LogP contribution is -2.28. The highest BCUT2D eigenvalue weighted by Gasteiger charge is 2.03. The van der Waals surface area contributed by atoms with Crippen LogP contribution in [0.25, 0.3) is 0 Å². The number of nitrogens with one attached hydrogen (secondary N) is 3. The van der Waals surface area contributed by atoms with Crippen molar-refractivity contribution < 1.29 is 4.79 Å². The molecule has 0 unspecified atom stereocenters. The molecule has 3 rings (SSSR count). The molecule has 0 aliphatic carbocycles. The summed E-state index contributed by atoms with van der Waals surface area (Å²) in [6.45, 7) is 1.34. The molecule has 2 aromatic carbocycles. The Morgan fingerprint density at radius 1 is 0.926 bits per heavy atom. The molecule has 3 N–H and O–H groups in total. The molecule has 3 aromatic rings. The summed E-state index contributed by atoms with van der Waals surface area (Å²) in [6, 6.07) is 21.7. The average molecular weight is 379 g/mol. The van der Waals surface area contributed by atoms with Gasteiger partial charge in [0.05, 0.1) is 0 Å². The topological polar surface area (TPSA) is 66.0 Å². The molecule has 1 aromatic heterocycles. The van der Waals surface area contributed by atoms with Crippen molar-refractivity contribution >= 4 is 23.7 Å². The van der Waals surface area contributed by atoms with Gasteiger partial charge in [-0.05, 0) is 59.8 Å². The van der Waals surface area contributed by atoms with Crippen molar-refractivity contribution in [2.24, 2.45) is 0 Å². The van der Waals surface area contributed by atoms with E-state index in [9.17, 15) is 4.79 Å². The van der Waals surface area contributed by atoms with E-state index in [1.807, 2.05) is 42.5 Å². The molecule has 0 bridgehead atoms. The molecule has 0 atom stereocenters. The van der Waals surface area contributed by atoms with E-state index < -0.39 is 0 Å². The molecule has 0 aliphatic heterocycles. The molecule has 0 radical (unpaired) electrons. The second kappa shape index (κ2) is 10.4. The van der Waals surface area contributed by atoms with E-state index in [1.165, 1.54) is 5.56 Å². The van der Waals surface area contributed by atoms with Gasteiger partial charge in [-0.3, -0.25) is 9.71 Å². The van der Waals surface area contributed by atoms with E-state index in [4.69, 9.17) is 0 Å². The number of nitrogens with zero attached hydrogens (tertiary/aromatic N) is 1. The molecule has 0 spiro atoms. The largest absolute Gasteiger partial charge is 0.334 e. The highest BCUT2D eigenvalue weighted by molar-refractivity contribution is 7.97. The second-order valence-corrected chi connectivity index (χ2v) is 6.89. The Bertz CT molecular complexity index is 843. The molecule has 0 saturated heterocycles. The van der Waals surface area contributed by atoms with Crippen LogP contribution in [0, 0.1) is 0 Å². The van der Waals surface area contributed by atoms with Crippen molar-refractivity contribution in [2.75, 3.05) is 11.9 Å². The first-order valence-corrected chi connectivity index (χ1v) is 9.59. The van der Waals surface area contributed by atoms with Gasteiger partial charge in [0.15, 0.2) is 0 Å². The Morgan fingerprint density at radius 3 is 2.56 bits per heavy atom. The zero-order valence-corrected chi connectivity index (χ0v) is 15.7. The van der Waals surface area contributed by atoms with E-state index in [0.717, 1.165) is 29.1 Å². The van der Waals surface area contributed by atoms with Gasteiger partial charge in [0, 0.05) is 36.1 Å². The van der Waals surface area contributed by atoms with Gasteiger partial charge in [0.25, 0.3) is 0 Å². The van der Waals surface area contributed by atoms with Gasteiger partial charge in [-0.25, -0.2) is 4.79 Å². The number of pyridine rings is 1. The van der Waals surface area contributed by atoms with Crippen LogP contribution in [0.4, 0.5) is 10.5 Å². The maximum Gasteiger partial charge on any atom is 0.319 e. The first-order valence-electron chi connectivity index (χ1n) is 8.77. The summed E-state index contributed by atoms with van der Waals surface area (Å²) in [4.78, 5) is 17.1. The number of benzene rings is 2. The third kappa shape index (κ3) is 6.77. The van der Waals surface area contributed by atoms with Crippen molar-refractivity contribution in [3.63, 3.8) is 0 Å². The third-order valence-electron chi connectivity index (χ3n) is 3.84. The van der Waals surface area contributed by atoms with E-state index in [2.05, 4.69) is 44.6 Å². The minimum Gasteiger partial charge on any atom is -0.334 e. The number of carbonyl (C=O) groups excluding carboxylic acids is 1. The fourth-order valence-corrected chi connectivity index (χ4v) is 3.17. The predicted molar refractivity (Wildman–Crippen MR) is 111 cm³/mol. The van der Waals surface area contributed by atoms with Gasteiger partial charge < -0.3 is 10.6 Å². The standard InChI is InChI=1S/C21H22N4OS/c26-21(23-16-18-9-12-22-13-10-18)25-19-7-4-8-20(15-19)27-24-14-11-17-5-2-1-3-6-17/h1-10,12-13,15,24H,11,14,16H2,(H2,23,25,26). The quantitative estimate of drug-likeness (QED) is 0.405. The zero-order valence-electron chi connectivity index (χ0n) is 14.9. The van der Waals surface area contributed by atoms with Gasteiger partial charge >= 0.3 is 6.03 Å². The normalized spacial score (nSPS) is 10.4. The van der Waals surface area contributed by atoms with E-state index in [0.29, 0.717) is 6.54 Å². The average Bonchev–Trinajstić information content (AvgIpc) is 2.72. The number of anilines is 1. The first-order chi connectivity index (χ1) is 13.3. The fourth-order valence-electron chi connectivity index (χ4n) is 2.47. The molecular formula is C21H22N4OS. The molecule has 27 heavy (non-hydrogen) atoms. The first kappa shape index (κ1) is 18.9. The molecule has 0 fully saturated rings. The fraction of sp³-hybridized carbons (Fsp3) is 0.143. The van der Waals surface area contributed by atoms with Crippen LogP contribution in [0.1, 0.15) is 11.1 Å². The molecule has 1 heterocycles. The molecular weight excluding hydrogens is 356 g/mol. The van der Waals surface area contributed by atoms with E-state index in [-0.39, 0.29) is 6.03 Å². The Balaban J connectivity index is 1.42. The van der Waals surface area contributed by atoms with Crippen molar-refractivity contribution in [1.82, 2.24) is 15.0 Å². The maximum absolute atomic E-state index is 12.1. The highest BCUT2D eigenvalue weighted by Crippen LogP contribution is 2.19. The number of amides is 2. The molecule has 0 saturated carbocycles. The maximum atomic E-state index is 12.1. The summed E-state index contributed by atoms with van der Waals surface area (Å²) in [5.74, 6) is 0. The van der Waals surface area contributed by atoms with Gasteiger partial charge in [0.2, 0.25) is 0 Å². The van der Waals surface area contributed by atoms with Crippen LogP contribution in [-0.4, -0.2) is 17.6 Å². The van der Waals surface area contributed by atoms with Crippen LogP contribution >= 0.6 is 11.9 Å². The summed E-state index contributed by atoms with van der Waals surface area (Å²) in [7, 11) is 0. The van der Waals surface area contributed by atoms with Crippen molar-refractivity contribution in [3.05, 3.63) is 90.3 Å². The number of rotatable bonds is 8. The van der Waals surface area contributed by atoms with Gasteiger partial charge in [0.1, 0.15) is 0 Å². The zero-order chi connectivity index (χ0) is 18.7. The Kier molecular flexibility index (Phi) is 7.26. The summed E-state index contributed by atoms with van der Waals surface area (Å²) in [5, 5.41) is 5.70. The number of aromatic nitrogens is 1. The highest BCUT2D eigenvalue weighted by atomic mass is 32.2.